The minimum absolute atomic E-state index is 0.0509. The van der Waals surface area contributed by atoms with Crippen molar-refractivity contribution in [3.05, 3.63) is 60.2 Å². The lowest BCUT2D eigenvalue weighted by Crippen LogP contribution is -2.55. The predicted molar refractivity (Wildman–Crippen MR) is 67.1 cm³/mol. The van der Waals surface area contributed by atoms with Crippen LogP contribution >= 0.6 is 0 Å². The highest BCUT2D eigenvalue weighted by Crippen LogP contribution is 2.21. The molecule has 0 fully saturated rings. The molecule has 3 nitrogen and oxygen atoms in total. The maximum absolute atomic E-state index is 10.5. The summed E-state index contributed by atoms with van der Waals surface area (Å²) in [6, 6.07) is 17.6. The van der Waals surface area contributed by atoms with Crippen molar-refractivity contribution in [3.8, 4) is 11.1 Å². The molecule has 0 aliphatic heterocycles. The molecular weight excluding hydrogens is 226 g/mol. The van der Waals surface area contributed by atoms with Crippen molar-refractivity contribution in [1.29, 1.82) is 0 Å². The molecule has 92 valence electrons. The zero-order valence-electron chi connectivity index (χ0n) is 10.0. The quantitative estimate of drug-likeness (QED) is 0.859. The Morgan fingerprint density at radius 2 is 1.56 bits per heavy atom. The Labute approximate surface area is 106 Å². The average Bonchev–Trinajstić information content (AvgIpc) is 2.39. The summed E-state index contributed by atoms with van der Waals surface area (Å²) < 4.78 is 0. The van der Waals surface area contributed by atoms with Crippen molar-refractivity contribution >= 4 is 5.97 Å². The molecule has 0 unspecified atom stereocenters. The smallest absolute Gasteiger partial charge is 0.115 e. The Kier molecular flexibility index (Phi) is 3.75. The van der Waals surface area contributed by atoms with Crippen LogP contribution in [0.3, 0.4) is 0 Å². The van der Waals surface area contributed by atoms with Crippen molar-refractivity contribution in [3.63, 3.8) is 0 Å². The molecule has 2 aromatic rings. The number of benzene rings is 2. The van der Waals surface area contributed by atoms with Gasteiger partial charge in [0.05, 0.1) is 0 Å². The highest BCUT2D eigenvalue weighted by molar-refractivity contribution is 5.66. The molecule has 0 aliphatic rings. The van der Waals surface area contributed by atoms with Crippen molar-refractivity contribution in [1.82, 2.24) is 0 Å². The fraction of sp³-hybridized carbons (Fsp3) is 0.133. The normalized spacial score (nSPS) is 12.1. The second-order valence-electron chi connectivity index (χ2n) is 4.26. The van der Waals surface area contributed by atoms with Crippen LogP contribution in [-0.4, -0.2) is 5.97 Å². The predicted octanol–water partition coefficient (Wildman–Crippen LogP) is 0.777. The van der Waals surface area contributed by atoms with Crippen LogP contribution in [0.25, 0.3) is 11.1 Å². The average molecular weight is 241 g/mol. The Hall–Kier alpha value is -2.13. The maximum atomic E-state index is 10.5. The van der Waals surface area contributed by atoms with Gasteiger partial charge < -0.3 is 15.6 Å². The molecule has 0 radical (unpaired) electrons. The Bertz CT molecular complexity index is 520. The van der Waals surface area contributed by atoms with Crippen molar-refractivity contribution < 1.29 is 15.6 Å². The SMILES string of the molecule is [NH3+][C@H](CC(=O)[O-])c1ccc(-c2ccccc2)cc1. The first-order valence-corrected chi connectivity index (χ1v) is 5.85. The van der Waals surface area contributed by atoms with E-state index < -0.39 is 5.97 Å². The molecule has 0 spiro atoms. The first kappa shape index (κ1) is 12.3. The lowest BCUT2D eigenvalue weighted by atomic mass is 10.00. The van der Waals surface area contributed by atoms with E-state index in [-0.39, 0.29) is 12.5 Å². The second-order valence-corrected chi connectivity index (χ2v) is 4.26. The molecule has 0 saturated carbocycles. The van der Waals surface area contributed by atoms with Gasteiger partial charge >= 0.3 is 0 Å². The Morgan fingerprint density at radius 1 is 1.00 bits per heavy atom. The van der Waals surface area contributed by atoms with Crippen molar-refractivity contribution in [2.24, 2.45) is 0 Å². The van der Waals surface area contributed by atoms with Gasteiger partial charge in [0, 0.05) is 18.0 Å². The number of carboxylic acid groups (broad SMARTS) is 1. The largest absolute Gasteiger partial charge is 0.550 e. The summed E-state index contributed by atoms with van der Waals surface area (Å²) in [6.07, 6.45) is -0.0509. The van der Waals surface area contributed by atoms with Crippen LogP contribution in [0.1, 0.15) is 18.0 Å². The maximum Gasteiger partial charge on any atom is 0.115 e. The standard InChI is InChI=1S/C15H15NO2/c16-14(10-15(17)18)13-8-6-12(7-9-13)11-4-2-1-3-5-11/h1-9,14H,10,16H2,(H,17,18)/t14-/m1/s1. The van der Waals surface area contributed by atoms with Crippen LogP contribution in [-0.2, 0) is 4.79 Å². The summed E-state index contributed by atoms with van der Waals surface area (Å²) in [7, 11) is 0. The first-order valence-electron chi connectivity index (χ1n) is 5.85. The highest BCUT2D eigenvalue weighted by atomic mass is 16.4. The summed E-state index contributed by atoms with van der Waals surface area (Å²) in [4.78, 5) is 10.5. The molecule has 18 heavy (non-hydrogen) atoms. The van der Waals surface area contributed by atoms with E-state index in [9.17, 15) is 9.90 Å². The van der Waals surface area contributed by atoms with Crippen molar-refractivity contribution in [2.75, 3.05) is 0 Å². The molecule has 0 bridgehead atoms. The third kappa shape index (κ3) is 2.96. The Morgan fingerprint density at radius 3 is 2.11 bits per heavy atom. The molecule has 0 heterocycles. The summed E-state index contributed by atoms with van der Waals surface area (Å²) in [5, 5.41) is 10.5. The van der Waals surface area contributed by atoms with Gasteiger partial charge in [-0.05, 0) is 11.1 Å². The highest BCUT2D eigenvalue weighted by Gasteiger charge is 2.09. The number of carbonyl (C=O) groups is 1. The van der Waals surface area contributed by atoms with Gasteiger partial charge in [-0.2, -0.15) is 0 Å². The molecular formula is C15H15NO2. The van der Waals surface area contributed by atoms with Crippen LogP contribution in [0, 0.1) is 0 Å². The molecule has 3 N–H and O–H groups in total. The Balaban J connectivity index is 2.18. The summed E-state index contributed by atoms with van der Waals surface area (Å²) >= 11 is 0. The fourth-order valence-electron chi connectivity index (χ4n) is 1.90. The lowest BCUT2D eigenvalue weighted by molar-refractivity contribution is -0.430. The third-order valence-electron chi connectivity index (χ3n) is 2.90. The summed E-state index contributed by atoms with van der Waals surface area (Å²) in [5.74, 6) is -1.07. The summed E-state index contributed by atoms with van der Waals surface area (Å²) in [6.45, 7) is 0. The zero-order valence-corrected chi connectivity index (χ0v) is 10.0. The second kappa shape index (κ2) is 5.47. The van der Waals surface area contributed by atoms with Crippen LogP contribution in [0.5, 0.6) is 0 Å². The number of hydrogen-bond donors (Lipinski definition) is 1. The van der Waals surface area contributed by atoms with Gasteiger partial charge in [-0.1, -0.05) is 54.6 Å². The van der Waals surface area contributed by atoms with E-state index in [4.69, 9.17) is 0 Å². The van der Waals surface area contributed by atoms with Gasteiger partial charge in [-0.25, -0.2) is 0 Å². The first-order chi connectivity index (χ1) is 8.66. The monoisotopic (exact) mass is 241 g/mol. The van der Waals surface area contributed by atoms with Crippen LogP contribution in [0.4, 0.5) is 0 Å². The van der Waals surface area contributed by atoms with E-state index in [1.54, 1.807) is 0 Å². The number of carbonyl (C=O) groups excluding carboxylic acids is 1. The molecule has 3 heteroatoms. The zero-order chi connectivity index (χ0) is 13.0. The molecule has 1 atom stereocenters. The third-order valence-corrected chi connectivity index (χ3v) is 2.90. The number of quaternary nitrogens is 1. The lowest BCUT2D eigenvalue weighted by Gasteiger charge is -2.10. The molecule has 0 saturated heterocycles. The molecule has 0 amide bonds. The van der Waals surface area contributed by atoms with Gasteiger partial charge in [-0.15, -0.1) is 0 Å². The number of carboxylic acids is 1. The van der Waals surface area contributed by atoms with E-state index >= 15 is 0 Å². The van der Waals surface area contributed by atoms with Gasteiger partial charge in [-0.3, -0.25) is 0 Å². The minimum atomic E-state index is -1.07. The molecule has 2 rings (SSSR count). The fourth-order valence-corrected chi connectivity index (χ4v) is 1.90. The van der Waals surface area contributed by atoms with E-state index in [0.717, 1.165) is 16.7 Å². The van der Waals surface area contributed by atoms with Gasteiger partial charge in [0.25, 0.3) is 0 Å². The molecule has 0 aliphatic carbocycles. The number of aliphatic carboxylic acids is 1. The van der Waals surface area contributed by atoms with Crippen LogP contribution < -0.4 is 10.8 Å². The van der Waals surface area contributed by atoms with Crippen molar-refractivity contribution in [2.45, 2.75) is 12.5 Å². The number of hydrogen-bond acceptors (Lipinski definition) is 2. The number of rotatable bonds is 4. The topological polar surface area (TPSA) is 67.8 Å². The van der Waals surface area contributed by atoms with Gasteiger partial charge in [0.15, 0.2) is 0 Å². The van der Waals surface area contributed by atoms with Gasteiger partial charge in [0.2, 0.25) is 0 Å². The molecule has 2 aromatic carbocycles. The van der Waals surface area contributed by atoms with Crippen LogP contribution in [0.2, 0.25) is 0 Å². The minimum Gasteiger partial charge on any atom is -0.550 e. The van der Waals surface area contributed by atoms with E-state index in [0.29, 0.717) is 0 Å². The van der Waals surface area contributed by atoms with E-state index in [1.165, 1.54) is 0 Å². The van der Waals surface area contributed by atoms with E-state index in [2.05, 4.69) is 5.73 Å². The van der Waals surface area contributed by atoms with Crippen LogP contribution in [0.15, 0.2) is 54.6 Å². The van der Waals surface area contributed by atoms with Gasteiger partial charge in [0.1, 0.15) is 6.04 Å². The summed E-state index contributed by atoms with van der Waals surface area (Å²) in [5.41, 5.74) is 7.00. The van der Waals surface area contributed by atoms with E-state index in [1.807, 2.05) is 54.6 Å². The molecule has 0 aromatic heterocycles.